The standard InChI is InChI=1S/C22H31NO2S/c1-8-9-20-10-12-21(13-11-20)19(7)23-26(24,25)22-17(5)15(3)14(2)16(4)18(22)6/h10-13,19,23H,8-9H2,1-7H3. The third-order valence-electron chi connectivity index (χ3n) is 5.55. The third kappa shape index (κ3) is 4.02. The Morgan fingerprint density at radius 3 is 1.77 bits per heavy atom. The van der Waals surface area contributed by atoms with Gasteiger partial charge in [0.05, 0.1) is 4.90 Å². The number of hydrogen-bond donors (Lipinski definition) is 1. The minimum absolute atomic E-state index is 0.281. The highest BCUT2D eigenvalue weighted by Crippen LogP contribution is 2.30. The van der Waals surface area contributed by atoms with Crippen LogP contribution in [0.1, 0.15) is 65.3 Å². The van der Waals surface area contributed by atoms with Crippen LogP contribution in [0.4, 0.5) is 0 Å². The Labute approximate surface area is 158 Å². The predicted molar refractivity (Wildman–Crippen MR) is 109 cm³/mol. The third-order valence-corrected chi connectivity index (χ3v) is 7.36. The van der Waals surface area contributed by atoms with E-state index in [0.29, 0.717) is 4.90 Å². The summed E-state index contributed by atoms with van der Waals surface area (Å²) in [6.45, 7) is 13.9. The predicted octanol–water partition coefficient (Wildman–Crippen LogP) is 5.22. The Morgan fingerprint density at radius 2 is 1.31 bits per heavy atom. The Morgan fingerprint density at radius 1 is 0.846 bits per heavy atom. The summed E-state index contributed by atoms with van der Waals surface area (Å²) in [6.07, 6.45) is 2.15. The molecule has 1 atom stereocenters. The van der Waals surface area contributed by atoms with Crippen LogP contribution in [0.25, 0.3) is 0 Å². The number of hydrogen-bond acceptors (Lipinski definition) is 2. The van der Waals surface area contributed by atoms with Crippen molar-refractivity contribution >= 4 is 10.0 Å². The summed E-state index contributed by atoms with van der Waals surface area (Å²) in [7, 11) is -3.60. The summed E-state index contributed by atoms with van der Waals surface area (Å²) >= 11 is 0. The van der Waals surface area contributed by atoms with Gasteiger partial charge in [-0.2, -0.15) is 0 Å². The molecule has 0 fully saturated rings. The first-order valence-electron chi connectivity index (χ1n) is 9.28. The highest BCUT2D eigenvalue weighted by Gasteiger charge is 2.25. The molecular formula is C22H31NO2S. The summed E-state index contributed by atoms with van der Waals surface area (Å²) in [6, 6.07) is 7.92. The van der Waals surface area contributed by atoms with Gasteiger partial charge in [-0.1, -0.05) is 37.6 Å². The summed E-state index contributed by atoms with van der Waals surface area (Å²) in [5.41, 5.74) is 7.19. The van der Waals surface area contributed by atoms with E-state index in [-0.39, 0.29) is 6.04 Å². The lowest BCUT2D eigenvalue weighted by Gasteiger charge is -2.21. The molecule has 4 heteroatoms. The van der Waals surface area contributed by atoms with Gasteiger partial charge in [0.25, 0.3) is 0 Å². The van der Waals surface area contributed by atoms with Crippen LogP contribution < -0.4 is 4.72 Å². The van der Waals surface area contributed by atoms with Crippen molar-refractivity contribution in [2.75, 3.05) is 0 Å². The second kappa shape index (κ2) is 7.93. The molecule has 0 aliphatic rings. The Bertz CT molecular complexity index is 868. The maximum atomic E-state index is 13.1. The molecular weight excluding hydrogens is 342 g/mol. The molecule has 0 saturated heterocycles. The van der Waals surface area contributed by atoms with Crippen LogP contribution in [0.2, 0.25) is 0 Å². The number of aryl methyl sites for hydroxylation is 1. The van der Waals surface area contributed by atoms with Crippen molar-refractivity contribution in [1.29, 1.82) is 0 Å². The van der Waals surface area contributed by atoms with E-state index in [4.69, 9.17) is 0 Å². The van der Waals surface area contributed by atoms with Crippen molar-refractivity contribution in [3.8, 4) is 0 Å². The van der Waals surface area contributed by atoms with Crippen LogP contribution in [0.3, 0.4) is 0 Å². The lowest BCUT2D eigenvalue weighted by Crippen LogP contribution is -2.28. The van der Waals surface area contributed by atoms with Crippen LogP contribution in [-0.2, 0) is 16.4 Å². The zero-order valence-electron chi connectivity index (χ0n) is 17.0. The molecule has 0 saturated carbocycles. The Kier molecular flexibility index (Phi) is 6.30. The van der Waals surface area contributed by atoms with Gasteiger partial charge in [-0.25, -0.2) is 13.1 Å². The zero-order valence-corrected chi connectivity index (χ0v) is 17.8. The second-order valence-corrected chi connectivity index (χ2v) is 8.94. The minimum Gasteiger partial charge on any atom is -0.207 e. The van der Waals surface area contributed by atoms with Gasteiger partial charge in [0.15, 0.2) is 0 Å². The van der Waals surface area contributed by atoms with E-state index in [9.17, 15) is 8.42 Å². The SMILES string of the molecule is CCCc1ccc(C(C)NS(=O)(=O)c2c(C)c(C)c(C)c(C)c2C)cc1. The lowest BCUT2D eigenvalue weighted by atomic mass is 9.95. The van der Waals surface area contributed by atoms with E-state index in [0.717, 1.165) is 40.7 Å². The summed E-state index contributed by atoms with van der Waals surface area (Å²) in [4.78, 5) is 0.424. The van der Waals surface area contributed by atoms with Crippen LogP contribution in [0.5, 0.6) is 0 Å². The molecule has 0 bridgehead atoms. The largest absolute Gasteiger partial charge is 0.241 e. The molecule has 2 aromatic rings. The maximum Gasteiger partial charge on any atom is 0.241 e. The molecule has 0 aliphatic carbocycles. The van der Waals surface area contributed by atoms with Gasteiger partial charge in [0.2, 0.25) is 10.0 Å². The van der Waals surface area contributed by atoms with Crippen LogP contribution in [0, 0.1) is 34.6 Å². The minimum atomic E-state index is -3.60. The fourth-order valence-corrected chi connectivity index (χ4v) is 5.32. The second-order valence-electron chi connectivity index (χ2n) is 7.29. The molecule has 1 unspecified atom stereocenters. The maximum absolute atomic E-state index is 13.1. The molecule has 2 rings (SSSR count). The van der Waals surface area contributed by atoms with E-state index in [1.54, 1.807) is 0 Å². The molecule has 3 nitrogen and oxygen atoms in total. The highest BCUT2D eigenvalue weighted by atomic mass is 32.2. The van der Waals surface area contributed by atoms with E-state index < -0.39 is 10.0 Å². The molecule has 2 aromatic carbocycles. The molecule has 0 amide bonds. The summed E-state index contributed by atoms with van der Waals surface area (Å²) in [5.74, 6) is 0. The topological polar surface area (TPSA) is 46.2 Å². The van der Waals surface area contributed by atoms with Crippen molar-refractivity contribution in [2.45, 2.75) is 72.2 Å². The van der Waals surface area contributed by atoms with Gasteiger partial charge in [0.1, 0.15) is 0 Å². The first kappa shape index (κ1) is 20.7. The fraction of sp³-hybridized carbons (Fsp3) is 0.455. The van der Waals surface area contributed by atoms with Gasteiger partial charge >= 0.3 is 0 Å². The van der Waals surface area contributed by atoms with Crippen molar-refractivity contribution in [3.05, 3.63) is 63.2 Å². The summed E-state index contributed by atoms with van der Waals surface area (Å²) < 4.78 is 29.1. The van der Waals surface area contributed by atoms with E-state index in [1.807, 2.05) is 46.8 Å². The zero-order chi connectivity index (χ0) is 19.6. The molecule has 142 valence electrons. The lowest BCUT2D eigenvalue weighted by molar-refractivity contribution is 0.565. The van der Waals surface area contributed by atoms with Crippen LogP contribution in [-0.4, -0.2) is 8.42 Å². The quantitative estimate of drug-likeness (QED) is 0.754. The van der Waals surface area contributed by atoms with Gasteiger partial charge in [0, 0.05) is 6.04 Å². The molecule has 26 heavy (non-hydrogen) atoms. The van der Waals surface area contributed by atoms with Gasteiger partial charge in [-0.3, -0.25) is 0 Å². The normalized spacial score (nSPS) is 13.0. The average molecular weight is 374 g/mol. The molecule has 1 N–H and O–H groups in total. The molecule has 0 radical (unpaired) electrons. The monoisotopic (exact) mass is 373 g/mol. The first-order valence-corrected chi connectivity index (χ1v) is 10.8. The van der Waals surface area contributed by atoms with Gasteiger partial charge in [-0.05, 0) is 86.9 Å². The van der Waals surface area contributed by atoms with Crippen molar-refractivity contribution in [2.24, 2.45) is 0 Å². The average Bonchev–Trinajstić information content (AvgIpc) is 2.58. The smallest absolute Gasteiger partial charge is 0.207 e. The fourth-order valence-electron chi connectivity index (χ4n) is 3.49. The molecule has 0 aliphatic heterocycles. The molecule has 0 heterocycles. The van der Waals surface area contributed by atoms with E-state index >= 15 is 0 Å². The van der Waals surface area contributed by atoms with Crippen molar-refractivity contribution in [3.63, 3.8) is 0 Å². The number of nitrogens with one attached hydrogen (secondary N) is 1. The number of sulfonamides is 1. The first-order chi connectivity index (χ1) is 12.1. The Hall–Kier alpha value is -1.65. The highest BCUT2D eigenvalue weighted by molar-refractivity contribution is 7.89. The van der Waals surface area contributed by atoms with Crippen molar-refractivity contribution in [1.82, 2.24) is 4.72 Å². The van der Waals surface area contributed by atoms with Gasteiger partial charge in [-0.15, -0.1) is 0 Å². The number of rotatable bonds is 6. The molecule has 0 aromatic heterocycles. The van der Waals surface area contributed by atoms with Crippen LogP contribution in [0.15, 0.2) is 29.2 Å². The van der Waals surface area contributed by atoms with Crippen molar-refractivity contribution < 1.29 is 8.42 Å². The van der Waals surface area contributed by atoms with Crippen LogP contribution >= 0.6 is 0 Å². The van der Waals surface area contributed by atoms with E-state index in [1.165, 1.54) is 11.1 Å². The van der Waals surface area contributed by atoms with E-state index in [2.05, 4.69) is 30.7 Å². The summed E-state index contributed by atoms with van der Waals surface area (Å²) in [5, 5.41) is 0. The number of benzene rings is 2. The van der Waals surface area contributed by atoms with Gasteiger partial charge < -0.3 is 0 Å². The molecule has 0 spiro atoms. The Balaban J connectivity index is 2.37.